The van der Waals surface area contributed by atoms with Gasteiger partial charge in [-0.25, -0.2) is 4.79 Å². The van der Waals surface area contributed by atoms with E-state index in [-0.39, 0.29) is 18.9 Å². The lowest BCUT2D eigenvalue weighted by Crippen LogP contribution is -2.40. The van der Waals surface area contributed by atoms with Crippen LogP contribution in [0.2, 0.25) is 0 Å². The second kappa shape index (κ2) is 7.03. The summed E-state index contributed by atoms with van der Waals surface area (Å²) in [7, 11) is 0. The summed E-state index contributed by atoms with van der Waals surface area (Å²) in [5.41, 5.74) is 0.991. The first-order valence-electron chi connectivity index (χ1n) is 7.12. The molecule has 0 saturated heterocycles. The number of hydrogen-bond donors (Lipinski definition) is 2. The third-order valence-electron chi connectivity index (χ3n) is 3.26. The number of hydrogen-bond acceptors (Lipinski definition) is 3. The molecular weight excluding hydrogens is 256 g/mol. The highest BCUT2D eigenvalue weighted by molar-refractivity contribution is 5.74. The molecule has 0 aliphatic carbocycles. The summed E-state index contributed by atoms with van der Waals surface area (Å²) in [4.78, 5) is 11.7. The van der Waals surface area contributed by atoms with Crippen molar-refractivity contribution < 1.29 is 14.3 Å². The molecule has 0 fully saturated rings. The molecule has 0 aromatic heterocycles. The van der Waals surface area contributed by atoms with E-state index in [2.05, 4.69) is 17.6 Å². The van der Waals surface area contributed by atoms with E-state index in [1.165, 1.54) is 0 Å². The van der Waals surface area contributed by atoms with E-state index in [0.717, 1.165) is 36.3 Å². The summed E-state index contributed by atoms with van der Waals surface area (Å²) in [5, 5.41) is 5.78. The van der Waals surface area contributed by atoms with Crippen LogP contribution in [0, 0.1) is 0 Å². The Bertz CT molecular complexity index is 462. The van der Waals surface area contributed by atoms with E-state index in [0.29, 0.717) is 6.54 Å². The predicted octanol–water partition coefficient (Wildman–Crippen LogP) is 2.79. The summed E-state index contributed by atoms with van der Waals surface area (Å²) >= 11 is 0. The summed E-state index contributed by atoms with van der Waals surface area (Å²) in [6.45, 7) is 4.91. The average molecular weight is 278 g/mol. The number of carbonyl (C=O) groups excluding carboxylic acids is 1. The smallest absolute Gasteiger partial charge is 0.315 e. The number of fused-ring (bicyclic) bond motifs is 1. The van der Waals surface area contributed by atoms with Gasteiger partial charge in [0.2, 0.25) is 6.79 Å². The van der Waals surface area contributed by atoms with Crippen molar-refractivity contribution in [2.24, 2.45) is 0 Å². The number of carbonyl (C=O) groups is 1. The Hall–Kier alpha value is -1.91. The largest absolute Gasteiger partial charge is 0.454 e. The molecule has 0 radical (unpaired) electrons. The van der Waals surface area contributed by atoms with Gasteiger partial charge < -0.3 is 20.1 Å². The van der Waals surface area contributed by atoms with Crippen molar-refractivity contribution in [2.75, 3.05) is 6.79 Å². The molecule has 20 heavy (non-hydrogen) atoms. The fourth-order valence-corrected chi connectivity index (χ4v) is 2.09. The van der Waals surface area contributed by atoms with E-state index < -0.39 is 0 Å². The van der Waals surface area contributed by atoms with Crippen molar-refractivity contribution in [3.05, 3.63) is 23.8 Å². The molecule has 2 amide bonds. The highest BCUT2D eigenvalue weighted by Gasteiger charge is 2.13. The molecule has 2 rings (SSSR count). The minimum Gasteiger partial charge on any atom is -0.454 e. The fraction of sp³-hybridized carbons (Fsp3) is 0.533. The quantitative estimate of drug-likeness (QED) is 0.841. The molecule has 1 aliphatic rings. The van der Waals surface area contributed by atoms with Crippen LogP contribution in [0.4, 0.5) is 4.79 Å². The molecule has 0 bridgehead atoms. The predicted molar refractivity (Wildman–Crippen MR) is 76.9 cm³/mol. The Labute approximate surface area is 119 Å². The van der Waals surface area contributed by atoms with Gasteiger partial charge in [-0.3, -0.25) is 0 Å². The lowest BCUT2D eigenvalue weighted by atomic mass is 10.1. The Morgan fingerprint density at radius 3 is 2.95 bits per heavy atom. The first-order chi connectivity index (χ1) is 9.69. The van der Waals surface area contributed by atoms with Crippen LogP contribution < -0.4 is 20.1 Å². The maximum Gasteiger partial charge on any atom is 0.315 e. The van der Waals surface area contributed by atoms with Crippen LogP contribution in [0.3, 0.4) is 0 Å². The molecule has 1 aromatic carbocycles. The zero-order chi connectivity index (χ0) is 14.4. The third-order valence-corrected chi connectivity index (χ3v) is 3.26. The molecule has 0 unspecified atom stereocenters. The maximum atomic E-state index is 11.7. The highest BCUT2D eigenvalue weighted by atomic mass is 16.7. The molecule has 110 valence electrons. The molecule has 1 heterocycles. The molecular formula is C15H22N2O3. The number of benzene rings is 1. The van der Waals surface area contributed by atoms with Crippen LogP contribution in [0.5, 0.6) is 11.5 Å². The molecule has 0 spiro atoms. The minimum absolute atomic E-state index is 0.133. The third kappa shape index (κ3) is 4.05. The van der Waals surface area contributed by atoms with Crippen LogP contribution >= 0.6 is 0 Å². The zero-order valence-electron chi connectivity index (χ0n) is 12.1. The Morgan fingerprint density at radius 2 is 2.15 bits per heavy atom. The molecule has 1 atom stereocenters. The monoisotopic (exact) mass is 278 g/mol. The lowest BCUT2D eigenvalue weighted by molar-refractivity contribution is 0.174. The van der Waals surface area contributed by atoms with E-state index in [1.807, 2.05) is 25.1 Å². The van der Waals surface area contributed by atoms with Gasteiger partial charge in [0.15, 0.2) is 11.5 Å². The molecule has 1 aromatic rings. The van der Waals surface area contributed by atoms with Crippen molar-refractivity contribution >= 4 is 6.03 Å². The van der Waals surface area contributed by atoms with E-state index >= 15 is 0 Å². The number of ether oxygens (including phenoxy) is 2. The van der Waals surface area contributed by atoms with Gasteiger partial charge in [-0.05, 0) is 31.0 Å². The molecule has 5 heteroatoms. The number of rotatable bonds is 6. The van der Waals surface area contributed by atoms with Crippen molar-refractivity contribution in [3.8, 4) is 11.5 Å². The van der Waals surface area contributed by atoms with Crippen molar-refractivity contribution in [1.82, 2.24) is 10.6 Å². The van der Waals surface area contributed by atoms with Crippen LogP contribution in [0.1, 0.15) is 38.7 Å². The number of amides is 2. The SMILES string of the molecule is CCCC[C@H](C)NC(=O)NCc1ccc2c(c1)OCO2. The van der Waals surface area contributed by atoms with Crippen molar-refractivity contribution in [1.29, 1.82) is 0 Å². The van der Waals surface area contributed by atoms with E-state index in [9.17, 15) is 4.79 Å². The zero-order valence-corrected chi connectivity index (χ0v) is 12.1. The Balaban J connectivity index is 1.76. The molecule has 5 nitrogen and oxygen atoms in total. The van der Waals surface area contributed by atoms with Gasteiger partial charge in [0.25, 0.3) is 0 Å². The Morgan fingerprint density at radius 1 is 1.35 bits per heavy atom. The van der Waals surface area contributed by atoms with Crippen molar-refractivity contribution in [3.63, 3.8) is 0 Å². The molecule has 1 aliphatic heterocycles. The normalized spacial score (nSPS) is 13.9. The average Bonchev–Trinajstić information content (AvgIpc) is 2.90. The van der Waals surface area contributed by atoms with Gasteiger partial charge in [0.05, 0.1) is 0 Å². The first-order valence-corrected chi connectivity index (χ1v) is 7.12. The van der Waals surface area contributed by atoms with Crippen LogP contribution in [0.15, 0.2) is 18.2 Å². The fourth-order valence-electron chi connectivity index (χ4n) is 2.09. The maximum absolute atomic E-state index is 11.7. The topological polar surface area (TPSA) is 59.6 Å². The summed E-state index contributed by atoms with van der Waals surface area (Å²) in [5.74, 6) is 1.49. The second-order valence-electron chi connectivity index (χ2n) is 5.06. The number of nitrogens with one attached hydrogen (secondary N) is 2. The summed E-state index contributed by atoms with van der Waals surface area (Å²) < 4.78 is 10.6. The van der Waals surface area contributed by atoms with Crippen molar-refractivity contribution in [2.45, 2.75) is 45.7 Å². The first kappa shape index (κ1) is 14.5. The van der Waals surface area contributed by atoms with Gasteiger partial charge in [0, 0.05) is 12.6 Å². The van der Waals surface area contributed by atoms with Gasteiger partial charge in [-0.1, -0.05) is 25.8 Å². The van der Waals surface area contributed by atoms with Crippen LogP contribution in [0.25, 0.3) is 0 Å². The second-order valence-corrected chi connectivity index (χ2v) is 5.06. The van der Waals surface area contributed by atoms with E-state index in [4.69, 9.17) is 9.47 Å². The highest BCUT2D eigenvalue weighted by Crippen LogP contribution is 2.32. The van der Waals surface area contributed by atoms with Crippen LogP contribution in [-0.2, 0) is 6.54 Å². The van der Waals surface area contributed by atoms with Gasteiger partial charge >= 0.3 is 6.03 Å². The lowest BCUT2D eigenvalue weighted by Gasteiger charge is -2.14. The Kier molecular flexibility index (Phi) is 5.09. The summed E-state index contributed by atoms with van der Waals surface area (Å²) in [6, 6.07) is 5.75. The minimum atomic E-state index is -0.133. The van der Waals surface area contributed by atoms with Gasteiger partial charge in [0.1, 0.15) is 0 Å². The van der Waals surface area contributed by atoms with Gasteiger partial charge in [-0.2, -0.15) is 0 Å². The van der Waals surface area contributed by atoms with Crippen LogP contribution in [-0.4, -0.2) is 18.9 Å². The number of urea groups is 1. The van der Waals surface area contributed by atoms with Gasteiger partial charge in [-0.15, -0.1) is 0 Å². The summed E-state index contributed by atoms with van der Waals surface area (Å²) in [6.07, 6.45) is 3.28. The van der Waals surface area contributed by atoms with E-state index in [1.54, 1.807) is 0 Å². The standard InChI is InChI=1S/C15H22N2O3/c1-3-4-5-11(2)17-15(18)16-9-12-6-7-13-14(8-12)20-10-19-13/h6-8,11H,3-5,9-10H2,1-2H3,(H2,16,17,18)/t11-/m0/s1. The molecule has 2 N–H and O–H groups in total. The number of unbranched alkanes of at least 4 members (excludes halogenated alkanes) is 1. The molecule has 0 saturated carbocycles.